The summed E-state index contributed by atoms with van der Waals surface area (Å²) in [6.07, 6.45) is 5.61. The van der Waals surface area contributed by atoms with E-state index in [0.29, 0.717) is 43.9 Å². The zero-order valence-corrected chi connectivity index (χ0v) is 22.2. The number of rotatable bonds is 5. The Balaban J connectivity index is 0.000000249. The molecule has 0 amide bonds. The molecule has 2 N–H and O–H groups in total. The molecule has 0 atom stereocenters. The van der Waals surface area contributed by atoms with E-state index in [4.69, 9.17) is 19.9 Å². The van der Waals surface area contributed by atoms with E-state index < -0.39 is 0 Å². The smallest absolute Gasteiger partial charge is 0.137 e. The fourth-order valence-electron chi connectivity index (χ4n) is 4.32. The lowest BCUT2D eigenvalue weighted by Crippen LogP contribution is -2.38. The molecule has 0 unspecified atom stereocenters. The lowest BCUT2D eigenvalue weighted by atomic mass is 10.0. The minimum Gasteiger partial charge on any atom is -0.381 e. The minimum atomic E-state index is 0. The van der Waals surface area contributed by atoms with E-state index in [0.717, 1.165) is 65.2 Å². The number of nitrogens with zero attached hydrogens (tertiary/aromatic N) is 1. The number of carbonyl (C=O) groups is 1. The quantitative estimate of drug-likeness (QED) is 0.614. The second-order valence-electron chi connectivity index (χ2n) is 9.32. The molecule has 7 heteroatoms. The molecular formula is C29H43ClN2O4. The van der Waals surface area contributed by atoms with Gasteiger partial charge in [-0.3, -0.25) is 9.69 Å². The maximum absolute atomic E-state index is 10.4. The van der Waals surface area contributed by atoms with Crippen LogP contribution in [-0.4, -0.2) is 62.4 Å². The van der Waals surface area contributed by atoms with Gasteiger partial charge in [-0.2, -0.15) is 0 Å². The Labute approximate surface area is 222 Å². The van der Waals surface area contributed by atoms with Crippen molar-refractivity contribution >= 4 is 18.2 Å². The van der Waals surface area contributed by atoms with Crippen molar-refractivity contribution in [3.05, 3.63) is 71.8 Å². The van der Waals surface area contributed by atoms with E-state index in [1.807, 2.05) is 0 Å². The van der Waals surface area contributed by atoms with E-state index in [1.54, 1.807) is 0 Å². The lowest BCUT2D eigenvalue weighted by Gasteiger charge is -2.34. The second-order valence-corrected chi connectivity index (χ2v) is 9.32. The molecule has 0 bridgehead atoms. The Morgan fingerprint density at radius 2 is 1.08 bits per heavy atom. The predicted octanol–water partition coefficient (Wildman–Crippen LogP) is 4.78. The Hall–Kier alpha value is -1.80. The van der Waals surface area contributed by atoms with Gasteiger partial charge in [0.05, 0.1) is 13.2 Å². The van der Waals surface area contributed by atoms with Gasteiger partial charge in [-0.05, 0) is 36.8 Å². The van der Waals surface area contributed by atoms with Crippen molar-refractivity contribution in [2.75, 3.05) is 39.6 Å². The molecule has 0 radical (unpaired) electrons. The summed E-state index contributed by atoms with van der Waals surface area (Å²) in [4.78, 5) is 13.0. The number of ether oxygens (including phenoxy) is 3. The number of nitrogens with two attached hydrogens (primary N) is 1. The molecule has 0 aliphatic carbocycles. The average Bonchev–Trinajstić information content (AvgIpc) is 2.92. The molecular weight excluding hydrogens is 476 g/mol. The highest BCUT2D eigenvalue weighted by Gasteiger charge is 2.21. The summed E-state index contributed by atoms with van der Waals surface area (Å²) in [5.41, 5.74) is 8.33. The van der Waals surface area contributed by atoms with Crippen LogP contribution < -0.4 is 5.73 Å². The molecule has 3 aliphatic rings. The van der Waals surface area contributed by atoms with E-state index in [-0.39, 0.29) is 12.4 Å². The van der Waals surface area contributed by atoms with Crippen molar-refractivity contribution in [3.8, 4) is 0 Å². The van der Waals surface area contributed by atoms with Crippen molar-refractivity contribution in [2.24, 2.45) is 5.73 Å². The number of Topliss-reactive ketones (excluding diaryl/α,β-unsaturated/α-hetero) is 1. The fourth-order valence-corrected chi connectivity index (χ4v) is 4.32. The molecule has 0 saturated carbocycles. The Kier molecular flexibility index (Phi) is 15.6. The number of hydrogen-bond donors (Lipinski definition) is 1. The van der Waals surface area contributed by atoms with Crippen LogP contribution in [0.15, 0.2) is 60.7 Å². The van der Waals surface area contributed by atoms with Crippen LogP contribution in [0.3, 0.4) is 0 Å². The standard InChI is InChI=1S/C19H23NO.C5H11NO.C5H8O2.ClH/c1-3-7-17(8-4-1)15-20(19-11-13-21-14-12-19)16-18-9-5-2-6-10-18;2*6-5-1-3-7-4-2-5;/h1-10,19H,11-16H2;5H,1-4,6H2;1-4H2;1H. The van der Waals surface area contributed by atoms with Crippen molar-refractivity contribution in [1.29, 1.82) is 0 Å². The molecule has 3 heterocycles. The van der Waals surface area contributed by atoms with Crippen molar-refractivity contribution in [3.63, 3.8) is 0 Å². The Morgan fingerprint density at radius 3 is 1.44 bits per heavy atom. The third kappa shape index (κ3) is 12.4. The first-order valence-electron chi connectivity index (χ1n) is 13.0. The third-order valence-electron chi connectivity index (χ3n) is 6.48. The maximum Gasteiger partial charge on any atom is 0.137 e. The van der Waals surface area contributed by atoms with E-state index in [1.165, 1.54) is 11.1 Å². The summed E-state index contributed by atoms with van der Waals surface area (Å²) in [5, 5.41) is 0. The molecule has 200 valence electrons. The van der Waals surface area contributed by atoms with Crippen molar-refractivity contribution < 1.29 is 19.0 Å². The molecule has 5 rings (SSSR count). The van der Waals surface area contributed by atoms with E-state index in [9.17, 15) is 4.79 Å². The average molecular weight is 519 g/mol. The molecule has 0 aromatic heterocycles. The SMILES string of the molecule is Cl.NC1CCOCC1.O=C1CCOCC1.c1ccc(CN(Cc2ccccc2)C2CCOCC2)cc1. The number of halogens is 1. The van der Waals surface area contributed by atoms with E-state index >= 15 is 0 Å². The van der Waals surface area contributed by atoms with Gasteiger partial charge in [0.15, 0.2) is 0 Å². The summed E-state index contributed by atoms with van der Waals surface area (Å²) < 4.78 is 15.5. The van der Waals surface area contributed by atoms with Gasteiger partial charge in [0.25, 0.3) is 0 Å². The molecule has 36 heavy (non-hydrogen) atoms. The Morgan fingerprint density at radius 1 is 0.667 bits per heavy atom. The summed E-state index contributed by atoms with van der Waals surface area (Å²) in [7, 11) is 0. The first-order valence-corrected chi connectivity index (χ1v) is 13.0. The van der Waals surface area contributed by atoms with Gasteiger partial charge in [0.2, 0.25) is 0 Å². The van der Waals surface area contributed by atoms with E-state index in [2.05, 4.69) is 65.6 Å². The minimum absolute atomic E-state index is 0. The summed E-state index contributed by atoms with van der Waals surface area (Å²) >= 11 is 0. The van der Waals surface area contributed by atoms with Crippen molar-refractivity contribution in [1.82, 2.24) is 4.90 Å². The molecule has 3 fully saturated rings. The van der Waals surface area contributed by atoms with Crippen LogP contribution in [-0.2, 0) is 32.1 Å². The van der Waals surface area contributed by atoms with Gasteiger partial charge >= 0.3 is 0 Å². The first-order chi connectivity index (χ1) is 17.2. The summed E-state index contributed by atoms with van der Waals surface area (Å²) in [6.45, 7) is 6.82. The lowest BCUT2D eigenvalue weighted by molar-refractivity contribution is -0.124. The predicted molar refractivity (Wildman–Crippen MR) is 146 cm³/mol. The highest BCUT2D eigenvalue weighted by molar-refractivity contribution is 5.85. The highest BCUT2D eigenvalue weighted by atomic mass is 35.5. The monoisotopic (exact) mass is 518 g/mol. The van der Waals surface area contributed by atoms with Crippen molar-refractivity contribution in [2.45, 2.75) is 63.7 Å². The van der Waals surface area contributed by atoms with Gasteiger partial charge in [-0.15, -0.1) is 12.4 Å². The molecule has 6 nitrogen and oxygen atoms in total. The number of hydrogen-bond acceptors (Lipinski definition) is 6. The van der Waals surface area contributed by atoms with Gasteiger partial charge in [-0.25, -0.2) is 0 Å². The molecule has 3 aliphatic heterocycles. The molecule has 2 aromatic carbocycles. The molecule has 0 spiro atoms. The van der Waals surface area contributed by atoms with Crippen LogP contribution in [0.25, 0.3) is 0 Å². The van der Waals surface area contributed by atoms with Crippen LogP contribution in [0.4, 0.5) is 0 Å². The Bertz CT molecular complexity index is 763. The largest absolute Gasteiger partial charge is 0.381 e. The fraction of sp³-hybridized carbons (Fsp3) is 0.552. The van der Waals surface area contributed by atoms with Gasteiger partial charge in [0.1, 0.15) is 5.78 Å². The zero-order valence-electron chi connectivity index (χ0n) is 21.4. The zero-order chi connectivity index (χ0) is 24.6. The second kappa shape index (κ2) is 18.4. The number of benzene rings is 2. The topological polar surface area (TPSA) is 74.0 Å². The number of carbonyl (C=O) groups excluding carboxylic acids is 1. The first kappa shape index (κ1) is 30.4. The van der Waals surface area contributed by atoms with Gasteiger partial charge in [0, 0.05) is 64.4 Å². The van der Waals surface area contributed by atoms with Crippen LogP contribution >= 0.6 is 12.4 Å². The van der Waals surface area contributed by atoms with Crippen LogP contribution in [0.1, 0.15) is 49.7 Å². The third-order valence-corrected chi connectivity index (χ3v) is 6.48. The van der Waals surface area contributed by atoms with Crippen LogP contribution in [0.2, 0.25) is 0 Å². The van der Waals surface area contributed by atoms with Gasteiger partial charge < -0.3 is 19.9 Å². The summed E-state index contributed by atoms with van der Waals surface area (Å²) in [6, 6.07) is 22.6. The highest BCUT2D eigenvalue weighted by Crippen LogP contribution is 2.20. The molecule has 2 aromatic rings. The van der Waals surface area contributed by atoms with Crippen LogP contribution in [0, 0.1) is 0 Å². The number of ketones is 1. The summed E-state index contributed by atoms with van der Waals surface area (Å²) in [5.74, 6) is 0.339. The van der Waals surface area contributed by atoms with Crippen LogP contribution in [0.5, 0.6) is 0 Å². The normalized spacial score (nSPS) is 18.8. The molecule has 3 saturated heterocycles. The maximum atomic E-state index is 10.4. The van der Waals surface area contributed by atoms with Gasteiger partial charge in [-0.1, -0.05) is 60.7 Å².